The molecule has 1 heterocycles. The SMILES string of the molecule is COc1cccc(C(=O)Nc2ccc(Nc3ccc(Cl)cc3)nn2)c1. The minimum Gasteiger partial charge on any atom is -0.497 e. The van der Waals surface area contributed by atoms with Crippen LogP contribution in [0.4, 0.5) is 17.3 Å². The van der Waals surface area contributed by atoms with Crippen molar-refractivity contribution < 1.29 is 9.53 Å². The average Bonchev–Trinajstić information content (AvgIpc) is 2.65. The lowest BCUT2D eigenvalue weighted by molar-refractivity contribution is 0.102. The van der Waals surface area contributed by atoms with Crippen molar-refractivity contribution in [3.05, 3.63) is 71.2 Å². The largest absolute Gasteiger partial charge is 0.497 e. The minimum absolute atomic E-state index is 0.286. The molecule has 1 aromatic heterocycles. The zero-order valence-corrected chi connectivity index (χ0v) is 14.1. The minimum atomic E-state index is -0.286. The van der Waals surface area contributed by atoms with Crippen molar-refractivity contribution in [2.75, 3.05) is 17.7 Å². The van der Waals surface area contributed by atoms with Crippen molar-refractivity contribution in [2.45, 2.75) is 0 Å². The summed E-state index contributed by atoms with van der Waals surface area (Å²) in [6.07, 6.45) is 0. The summed E-state index contributed by atoms with van der Waals surface area (Å²) in [5.74, 6) is 1.24. The van der Waals surface area contributed by atoms with Gasteiger partial charge in [-0.2, -0.15) is 0 Å². The number of methoxy groups -OCH3 is 1. The van der Waals surface area contributed by atoms with Gasteiger partial charge < -0.3 is 15.4 Å². The molecule has 25 heavy (non-hydrogen) atoms. The molecule has 0 atom stereocenters. The maximum Gasteiger partial charge on any atom is 0.256 e. The second-order valence-corrected chi connectivity index (χ2v) is 5.56. The number of ether oxygens (including phenoxy) is 1. The summed E-state index contributed by atoms with van der Waals surface area (Å²) < 4.78 is 5.11. The second kappa shape index (κ2) is 7.63. The highest BCUT2D eigenvalue weighted by Crippen LogP contribution is 2.18. The third-order valence-corrected chi connectivity index (χ3v) is 3.61. The van der Waals surface area contributed by atoms with Crippen molar-refractivity contribution >= 4 is 34.8 Å². The van der Waals surface area contributed by atoms with Crippen LogP contribution in [0.2, 0.25) is 5.02 Å². The van der Waals surface area contributed by atoms with Crippen molar-refractivity contribution in [2.24, 2.45) is 0 Å². The smallest absolute Gasteiger partial charge is 0.256 e. The number of hydrogen-bond acceptors (Lipinski definition) is 5. The van der Waals surface area contributed by atoms with Crippen LogP contribution in [0.1, 0.15) is 10.4 Å². The van der Waals surface area contributed by atoms with E-state index in [4.69, 9.17) is 16.3 Å². The predicted octanol–water partition coefficient (Wildman–Crippen LogP) is 4.13. The lowest BCUT2D eigenvalue weighted by Crippen LogP contribution is -2.13. The molecule has 126 valence electrons. The van der Waals surface area contributed by atoms with Gasteiger partial charge in [0, 0.05) is 16.3 Å². The third kappa shape index (κ3) is 4.45. The summed E-state index contributed by atoms with van der Waals surface area (Å²) >= 11 is 5.85. The summed E-state index contributed by atoms with van der Waals surface area (Å²) in [5.41, 5.74) is 1.32. The summed E-state index contributed by atoms with van der Waals surface area (Å²) in [6, 6.07) is 17.5. The van der Waals surface area contributed by atoms with Crippen molar-refractivity contribution in [1.29, 1.82) is 0 Å². The fourth-order valence-corrected chi connectivity index (χ4v) is 2.23. The first-order valence-electron chi connectivity index (χ1n) is 7.46. The highest BCUT2D eigenvalue weighted by molar-refractivity contribution is 6.30. The molecule has 0 aliphatic heterocycles. The average molecular weight is 355 g/mol. The van der Waals surface area contributed by atoms with Gasteiger partial charge in [0.1, 0.15) is 5.75 Å². The molecule has 0 saturated carbocycles. The molecule has 0 spiro atoms. The monoisotopic (exact) mass is 354 g/mol. The van der Waals surface area contributed by atoms with E-state index in [0.717, 1.165) is 5.69 Å². The molecule has 6 nitrogen and oxygen atoms in total. The summed E-state index contributed by atoms with van der Waals surface area (Å²) in [5, 5.41) is 14.5. The van der Waals surface area contributed by atoms with E-state index in [-0.39, 0.29) is 5.91 Å². The van der Waals surface area contributed by atoms with Gasteiger partial charge >= 0.3 is 0 Å². The Kier molecular flexibility index (Phi) is 5.11. The molecule has 3 aromatic rings. The van der Waals surface area contributed by atoms with Gasteiger partial charge in [-0.3, -0.25) is 4.79 Å². The normalized spacial score (nSPS) is 10.2. The zero-order chi connectivity index (χ0) is 17.6. The van der Waals surface area contributed by atoms with Crippen LogP contribution in [0, 0.1) is 0 Å². The van der Waals surface area contributed by atoms with Crippen LogP contribution in [-0.2, 0) is 0 Å². The Morgan fingerprint density at radius 3 is 2.40 bits per heavy atom. The van der Waals surface area contributed by atoms with E-state index in [1.165, 1.54) is 0 Å². The molecular weight excluding hydrogens is 340 g/mol. The van der Waals surface area contributed by atoms with Gasteiger partial charge in [0.25, 0.3) is 5.91 Å². The lowest BCUT2D eigenvalue weighted by Gasteiger charge is -2.07. The standard InChI is InChI=1S/C18H15ClN4O2/c1-25-15-4-2-3-12(11-15)18(24)21-17-10-9-16(22-23-17)20-14-7-5-13(19)6-8-14/h2-11H,1H3,(H,20,22)(H,21,23,24). The molecule has 7 heteroatoms. The summed E-state index contributed by atoms with van der Waals surface area (Å²) in [7, 11) is 1.55. The summed E-state index contributed by atoms with van der Waals surface area (Å²) in [4.78, 5) is 12.2. The van der Waals surface area contributed by atoms with Crippen molar-refractivity contribution in [3.63, 3.8) is 0 Å². The number of nitrogens with one attached hydrogen (secondary N) is 2. The van der Waals surface area contributed by atoms with Gasteiger partial charge in [-0.1, -0.05) is 17.7 Å². The van der Waals surface area contributed by atoms with Crippen LogP contribution in [0.3, 0.4) is 0 Å². The number of rotatable bonds is 5. The topological polar surface area (TPSA) is 76.1 Å². The quantitative estimate of drug-likeness (QED) is 0.720. The molecule has 0 radical (unpaired) electrons. The highest BCUT2D eigenvalue weighted by Gasteiger charge is 2.08. The fraction of sp³-hybridized carbons (Fsp3) is 0.0556. The Bertz CT molecular complexity index is 867. The molecule has 2 aromatic carbocycles. The van der Waals surface area contributed by atoms with Crippen LogP contribution in [0.25, 0.3) is 0 Å². The maximum absolute atomic E-state index is 12.2. The zero-order valence-electron chi connectivity index (χ0n) is 13.4. The Hall–Kier alpha value is -3.12. The van der Waals surface area contributed by atoms with Crippen LogP contribution in [-0.4, -0.2) is 23.2 Å². The van der Waals surface area contributed by atoms with E-state index in [2.05, 4.69) is 20.8 Å². The summed E-state index contributed by atoms with van der Waals surface area (Å²) in [6.45, 7) is 0. The highest BCUT2D eigenvalue weighted by atomic mass is 35.5. The van der Waals surface area contributed by atoms with E-state index in [1.54, 1.807) is 55.6 Å². The molecule has 0 saturated heterocycles. The Morgan fingerprint density at radius 1 is 1.00 bits per heavy atom. The van der Waals surface area contributed by atoms with Gasteiger partial charge in [0.05, 0.1) is 7.11 Å². The Labute approximate surface area is 149 Å². The molecule has 0 fully saturated rings. The van der Waals surface area contributed by atoms with Crippen LogP contribution < -0.4 is 15.4 Å². The molecule has 0 unspecified atom stereocenters. The second-order valence-electron chi connectivity index (χ2n) is 5.12. The third-order valence-electron chi connectivity index (χ3n) is 3.35. The van der Waals surface area contributed by atoms with Gasteiger partial charge in [0.15, 0.2) is 11.6 Å². The first kappa shape index (κ1) is 16.7. The number of aromatic nitrogens is 2. The molecule has 0 bridgehead atoms. The predicted molar refractivity (Wildman–Crippen MR) is 97.7 cm³/mol. The molecule has 1 amide bonds. The van der Waals surface area contributed by atoms with E-state index in [9.17, 15) is 4.79 Å². The van der Waals surface area contributed by atoms with E-state index in [1.807, 2.05) is 12.1 Å². The number of hydrogen-bond donors (Lipinski definition) is 2. The molecule has 2 N–H and O–H groups in total. The van der Waals surface area contributed by atoms with E-state index in [0.29, 0.717) is 28.0 Å². The van der Waals surface area contributed by atoms with E-state index < -0.39 is 0 Å². The maximum atomic E-state index is 12.2. The van der Waals surface area contributed by atoms with Gasteiger partial charge in [0.2, 0.25) is 0 Å². The molecule has 0 aliphatic carbocycles. The van der Waals surface area contributed by atoms with Crippen LogP contribution in [0.5, 0.6) is 5.75 Å². The number of amides is 1. The van der Waals surface area contributed by atoms with Gasteiger partial charge in [-0.15, -0.1) is 10.2 Å². The van der Waals surface area contributed by atoms with Gasteiger partial charge in [-0.25, -0.2) is 0 Å². The number of benzene rings is 2. The number of halogens is 1. The number of carbonyl (C=O) groups excluding carboxylic acids is 1. The number of nitrogens with zero attached hydrogens (tertiary/aromatic N) is 2. The molecular formula is C18H15ClN4O2. The first-order valence-corrected chi connectivity index (χ1v) is 7.83. The molecule has 0 aliphatic rings. The van der Waals surface area contributed by atoms with E-state index >= 15 is 0 Å². The van der Waals surface area contributed by atoms with Crippen LogP contribution in [0.15, 0.2) is 60.7 Å². The van der Waals surface area contributed by atoms with Gasteiger partial charge in [-0.05, 0) is 54.6 Å². The first-order chi connectivity index (χ1) is 12.1. The fourth-order valence-electron chi connectivity index (χ4n) is 2.10. The molecule has 3 rings (SSSR count). The lowest BCUT2D eigenvalue weighted by atomic mass is 10.2. The van der Waals surface area contributed by atoms with Crippen LogP contribution >= 0.6 is 11.6 Å². The number of carbonyl (C=O) groups is 1. The number of anilines is 3. The van der Waals surface area contributed by atoms with Crippen molar-refractivity contribution in [1.82, 2.24) is 10.2 Å². The van der Waals surface area contributed by atoms with Crippen molar-refractivity contribution in [3.8, 4) is 5.75 Å². The Balaban J connectivity index is 1.65. The Morgan fingerprint density at radius 2 is 1.72 bits per heavy atom.